The van der Waals surface area contributed by atoms with Gasteiger partial charge in [0.1, 0.15) is 4.90 Å². The molecule has 0 aromatic carbocycles. The van der Waals surface area contributed by atoms with Crippen LogP contribution in [0.15, 0.2) is 4.90 Å². The van der Waals surface area contributed by atoms with E-state index in [0.717, 1.165) is 26.2 Å². The highest BCUT2D eigenvalue weighted by Gasteiger charge is 2.31. The first-order chi connectivity index (χ1) is 9.82. The van der Waals surface area contributed by atoms with Gasteiger partial charge in [-0.2, -0.15) is 9.40 Å². The number of nitrogens with one attached hydrogen (secondary N) is 1. The maximum atomic E-state index is 12.7. The molecule has 21 heavy (non-hydrogen) atoms. The van der Waals surface area contributed by atoms with Crippen molar-refractivity contribution in [1.82, 2.24) is 24.3 Å². The van der Waals surface area contributed by atoms with Gasteiger partial charge in [-0.05, 0) is 27.9 Å². The molecular weight excluding hydrogens is 290 g/mol. The van der Waals surface area contributed by atoms with Crippen LogP contribution in [0.5, 0.6) is 0 Å². The number of aromatic nitrogens is 2. The van der Waals surface area contributed by atoms with Crippen LogP contribution in [0.4, 0.5) is 0 Å². The second-order valence-electron chi connectivity index (χ2n) is 5.81. The number of H-pyrrole nitrogens is 1. The van der Waals surface area contributed by atoms with Gasteiger partial charge in [-0.1, -0.05) is 0 Å². The lowest BCUT2D eigenvalue weighted by Crippen LogP contribution is -2.50. The number of piperazine rings is 1. The van der Waals surface area contributed by atoms with Crippen LogP contribution in [0.2, 0.25) is 0 Å². The molecule has 120 valence electrons. The number of hydrogen-bond acceptors (Lipinski definition) is 5. The minimum Gasteiger partial charge on any atom is -0.308 e. The van der Waals surface area contributed by atoms with Gasteiger partial charge in [0.15, 0.2) is 0 Å². The summed E-state index contributed by atoms with van der Waals surface area (Å²) in [6.07, 6.45) is 0. The van der Waals surface area contributed by atoms with Crippen LogP contribution in [0.1, 0.15) is 11.4 Å². The fraction of sp³-hybridized carbons (Fsp3) is 0.769. The number of aryl methyl sites for hydroxylation is 2. The summed E-state index contributed by atoms with van der Waals surface area (Å²) in [6, 6.07) is 0. The van der Waals surface area contributed by atoms with Crippen LogP contribution < -0.4 is 0 Å². The summed E-state index contributed by atoms with van der Waals surface area (Å²) < 4.78 is 27.0. The standard InChI is InChI=1S/C13H25N5O2S/c1-11-13(12(2)15-14-11)21(19,20)18-9-7-17(8-10-18)6-5-16(3)4/h5-10H2,1-4H3,(H,14,15). The normalized spacial score (nSPS) is 18.5. The van der Waals surface area contributed by atoms with Gasteiger partial charge in [0.2, 0.25) is 10.0 Å². The van der Waals surface area contributed by atoms with E-state index in [-0.39, 0.29) is 0 Å². The number of nitrogens with zero attached hydrogens (tertiary/aromatic N) is 4. The average molecular weight is 315 g/mol. The summed E-state index contributed by atoms with van der Waals surface area (Å²) in [6.45, 7) is 8.09. The molecule has 1 saturated heterocycles. The molecule has 8 heteroatoms. The van der Waals surface area contributed by atoms with Crippen molar-refractivity contribution in [1.29, 1.82) is 0 Å². The van der Waals surface area contributed by atoms with E-state index in [1.807, 2.05) is 14.1 Å². The first-order valence-corrected chi connectivity index (χ1v) is 8.65. The highest BCUT2D eigenvalue weighted by Crippen LogP contribution is 2.22. The molecule has 0 aliphatic carbocycles. The number of sulfonamides is 1. The Balaban J connectivity index is 2.02. The first-order valence-electron chi connectivity index (χ1n) is 7.21. The lowest BCUT2D eigenvalue weighted by Gasteiger charge is -2.34. The third-order valence-corrected chi connectivity index (χ3v) is 6.02. The van der Waals surface area contributed by atoms with Crippen molar-refractivity contribution in [2.24, 2.45) is 0 Å². The number of likely N-dealkylation sites (N-methyl/N-ethyl adjacent to an activating group) is 1. The van der Waals surface area contributed by atoms with Crippen molar-refractivity contribution in [2.45, 2.75) is 18.7 Å². The van der Waals surface area contributed by atoms with Crippen LogP contribution in [-0.4, -0.2) is 86.1 Å². The van der Waals surface area contributed by atoms with Crippen molar-refractivity contribution < 1.29 is 8.42 Å². The summed E-state index contributed by atoms with van der Waals surface area (Å²) in [7, 11) is 0.661. The first kappa shape index (κ1) is 16.4. The fourth-order valence-electron chi connectivity index (χ4n) is 2.58. The Morgan fingerprint density at radius 3 is 2.29 bits per heavy atom. The third kappa shape index (κ3) is 3.63. The molecule has 1 aliphatic rings. The molecule has 2 rings (SSSR count). The van der Waals surface area contributed by atoms with E-state index >= 15 is 0 Å². The van der Waals surface area contributed by atoms with Gasteiger partial charge in [0.05, 0.1) is 11.4 Å². The Morgan fingerprint density at radius 2 is 1.81 bits per heavy atom. The van der Waals surface area contributed by atoms with E-state index in [0.29, 0.717) is 29.4 Å². The van der Waals surface area contributed by atoms with E-state index in [4.69, 9.17) is 0 Å². The Bertz CT molecular complexity index is 554. The minimum absolute atomic E-state index is 0.337. The Hall–Kier alpha value is -0.960. The van der Waals surface area contributed by atoms with Crippen molar-refractivity contribution >= 4 is 10.0 Å². The number of rotatable bonds is 5. The van der Waals surface area contributed by atoms with Crippen molar-refractivity contribution in [2.75, 3.05) is 53.4 Å². The quantitative estimate of drug-likeness (QED) is 0.821. The lowest BCUT2D eigenvalue weighted by atomic mass is 10.3. The molecule has 2 heterocycles. The fourth-order valence-corrected chi connectivity index (χ4v) is 4.34. The molecule has 1 aliphatic heterocycles. The van der Waals surface area contributed by atoms with Crippen LogP contribution >= 0.6 is 0 Å². The molecule has 0 bridgehead atoms. The molecule has 0 radical (unpaired) electrons. The van der Waals surface area contributed by atoms with Crippen LogP contribution in [0, 0.1) is 13.8 Å². The largest absolute Gasteiger partial charge is 0.308 e. The Kier molecular flexibility index (Phi) is 5.03. The molecule has 1 aromatic heterocycles. The SMILES string of the molecule is Cc1n[nH]c(C)c1S(=O)(=O)N1CCN(CCN(C)C)CC1. The molecule has 1 N–H and O–H groups in total. The van der Waals surface area contributed by atoms with Gasteiger partial charge in [0.25, 0.3) is 0 Å². The Morgan fingerprint density at radius 1 is 1.19 bits per heavy atom. The van der Waals surface area contributed by atoms with Gasteiger partial charge in [-0.25, -0.2) is 8.42 Å². The predicted octanol–water partition coefficient (Wildman–Crippen LogP) is -0.106. The van der Waals surface area contributed by atoms with Crippen molar-refractivity contribution in [3.05, 3.63) is 11.4 Å². The zero-order valence-corrected chi connectivity index (χ0v) is 14.1. The van der Waals surface area contributed by atoms with E-state index < -0.39 is 10.0 Å². The topological polar surface area (TPSA) is 72.5 Å². The zero-order chi connectivity index (χ0) is 15.6. The van der Waals surface area contributed by atoms with Crippen LogP contribution in [-0.2, 0) is 10.0 Å². The van der Waals surface area contributed by atoms with Gasteiger partial charge >= 0.3 is 0 Å². The van der Waals surface area contributed by atoms with Gasteiger partial charge < -0.3 is 4.90 Å². The smallest absolute Gasteiger partial charge is 0.246 e. The van der Waals surface area contributed by atoms with E-state index in [1.54, 1.807) is 18.2 Å². The molecule has 1 aromatic rings. The monoisotopic (exact) mass is 315 g/mol. The summed E-state index contributed by atoms with van der Waals surface area (Å²) in [5.74, 6) is 0. The number of hydrogen-bond donors (Lipinski definition) is 1. The van der Waals surface area contributed by atoms with Crippen LogP contribution in [0.25, 0.3) is 0 Å². The van der Waals surface area contributed by atoms with Crippen molar-refractivity contribution in [3.63, 3.8) is 0 Å². The van der Waals surface area contributed by atoms with Gasteiger partial charge in [-0.3, -0.25) is 10.00 Å². The second kappa shape index (κ2) is 6.43. The summed E-state index contributed by atoms with van der Waals surface area (Å²) in [4.78, 5) is 4.78. The maximum absolute atomic E-state index is 12.7. The molecule has 0 amide bonds. The predicted molar refractivity (Wildman–Crippen MR) is 81.8 cm³/mol. The maximum Gasteiger partial charge on any atom is 0.246 e. The molecule has 0 unspecified atom stereocenters. The summed E-state index contributed by atoms with van der Waals surface area (Å²) in [5.41, 5.74) is 1.16. The average Bonchev–Trinajstić information content (AvgIpc) is 2.77. The van der Waals surface area contributed by atoms with Gasteiger partial charge in [0, 0.05) is 39.3 Å². The highest BCUT2D eigenvalue weighted by molar-refractivity contribution is 7.89. The van der Waals surface area contributed by atoms with E-state index in [9.17, 15) is 8.42 Å². The summed E-state index contributed by atoms with van der Waals surface area (Å²) >= 11 is 0. The second-order valence-corrected chi connectivity index (χ2v) is 7.69. The minimum atomic E-state index is -3.43. The highest BCUT2D eigenvalue weighted by atomic mass is 32.2. The molecule has 0 spiro atoms. The van der Waals surface area contributed by atoms with E-state index in [1.165, 1.54) is 0 Å². The lowest BCUT2D eigenvalue weighted by molar-refractivity contribution is 0.174. The number of aromatic amines is 1. The zero-order valence-electron chi connectivity index (χ0n) is 13.3. The van der Waals surface area contributed by atoms with E-state index in [2.05, 4.69) is 20.0 Å². The molecular formula is C13H25N5O2S. The Labute approximate surface area is 127 Å². The summed E-state index contributed by atoms with van der Waals surface area (Å²) in [5, 5.41) is 6.75. The van der Waals surface area contributed by atoms with Gasteiger partial charge in [-0.15, -0.1) is 0 Å². The third-order valence-electron chi connectivity index (χ3n) is 3.85. The van der Waals surface area contributed by atoms with Crippen LogP contribution in [0.3, 0.4) is 0 Å². The van der Waals surface area contributed by atoms with Crippen molar-refractivity contribution in [3.8, 4) is 0 Å². The molecule has 1 fully saturated rings. The molecule has 0 atom stereocenters. The molecule has 7 nitrogen and oxygen atoms in total. The molecule has 0 saturated carbocycles.